The second-order valence-corrected chi connectivity index (χ2v) is 6.36. The van der Waals surface area contributed by atoms with Crippen molar-refractivity contribution in [3.05, 3.63) is 90.0 Å². The van der Waals surface area contributed by atoms with E-state index in [1.807, 2.05) is 30.3 Å². The zero-order valence-electron chi connectivity index (χ0n) is 16.0. The molecule has 3 aromatic carbocycles. The average molecular weight is 376 g/mol. The van der Waals surface area contributed by atoms with Gasteiger partial charge in [-0.2, -0.15) is 0 Å². The first-order valence-corrected chi connectivity index (χ1v) is 9.46. The molecule has 0 amide bonds. The summed E-state index contributed by atoms with van der Waals surface area (Å²) in [5.74, 6) is 1.55. The first kappa shape index (κ1) is 19.5. The molecule has 0 bridgehead atoms. The number of hydrogen-bond acceptors (Lipinski definition) is 4. The minimum atomic E-state index is -0.408. The van der Waals surface area contributed by atoms with E-state index in [4.69, 9.17) is 14.2 Å². The van der Waals surface area contributed by atoms with Gasteiger partial charge in [0.15, 0.2) is 0 Å². The molecule has 144 valence electrons. The number of hydrogen-bond donors (Lipinski definition) is 0. The fraction of sp³-hybridized carbons (Fsp3) is 0.208. The molecule has 0 heterocycles. The van der Waals surface area contributed by atoms with Crippen molar-refractivity contribution in [2.75, 3.05) is 6.61 Å². The number of benzene rings is 3. The van der Waals surface area contributed by atoms with Gasteiger partial charge in [0.2, 0.25) is 0 Å². The van der Waals surface area contributed by atoms with Gasteiger partial charge in [-0.25, -0.2) is 4.79 Å². The molecule has 4 nitrogen and oxygen atoms in total. The van der Waals surface area contributed by atoms with Crippen LogP contribution in [-0.4, -0.2) is 12.6 Å². The molecule has 0 radical (unpaired) electrons. The Morgan fingerprint density at radius 1 is 0.750 bits per heavy atom. The lowest BCUT2D eigenvalue weighted by molar-refractivity contribution is 0.0734. The quantitative estimate of drug-likeness (QED) is 0.274. The molecule has 0 fully saturated rings. The smallest absolute Gasteiger partial charge is 0.343 e. The highest BCUT2D eigenvalue weighted by Gasteiger charge is 2.09. The van der Waals surface area contributed by atoms with Crippen LogP contribution in [0.4, 0.5) is 0 Å². The van der Waals surface area contributed by atoms with E-state index in [9.17, 15) is 4.79 Å². The maximum Gasteiger partial charge on any atom is 0.343 e. The molecule has 0 saturated carbocycles. The number of carbonyl (C=O) groups excluding carboxylic acids is 1. The van der Waals surface area contributed by atoms with Crippen LogP contribution in [0.15, 0.2) is 78.9 Å². The molecule has 28 heavy (non-hydrogen) atoms. The van der Waals surface area contributed by atoms with Gasteiger partial charge in [0.25, 0.3) is 0 Å². The molecular weight excluding hydrogens is 352 g/mol. The van der Waals surface area contributed by atoms with Crippen molar-refractivity contribution in [1.82, 2.24) is 0 Å². The van der Waals surface area contributed by atoms with Crippen molar-refractivity contribution in [1.29, 1.82) is 0 Å². The Balaban J connectivity index is 1.51. The summed E-state index contributed by atoms with van der Waals surface area (Å²) in [6.07, 6.45) is 2.10. The lowest BCUT2D eigenvalue weighted by Gasteiger charge is -2.09. The third-order valence-electron chi connectivity index (χ3n) is 4.14. The summed E-state index contributed by atoms with van der Waals surface area (Å²) in [6.45, 7) is 3.29. The van der Waals surface area contributed by atoms with Gasteiger partial charge in [0.1, 0.15) is 23.9 Å². The zero-order valence-corrected chi connectivity index (χ0v) is 16.0. The molecule has 0 spiro atoms. The topological polar surface area (TPSA) is 44.8 Å². The minimum absolute atomic E-state index is 0.408. The van der Waals surface area contributed by atoms with E-state index in [0.29, 0.717) is 30.3 Å². The maximum atomic E-state index is 12.3. The van der Waals surface area contributed by atoms with Crippen molar-refractivity contribution >= 4 is 5.97 Å². The monoisotopic (exact) mass is 376 g/mol. The normalized spacial score (nSPS) is 10.3. The largest absolute Gasteiger partial charge is 0.494 e. The Bertz CT molecular complexity index is 855. The summed E-state index contributed by atoms with van der Waals surface area (Å²) in [5, 5.41) is 0. The standard InChI is InChI=1S/C24H24O4/c1-2-3-17-26-21-13-15-23(16-14-21)28-24(25)20-9-11-22(12-10-20)27-18-19-7-5-4-6-8-19/h4-16H,2-3,17-18H2,1H3. The van der Waals surface area contributed by atoms with E-state index in [1.54, 1.807) is 48.5 Å². The van der Waals surface area contributed by atoms with Crippen molar-refractivity contribution in [3.8, 4) is 17.2 Å². The van der Waals surface area contributed by atoms with Crippen molar-refractivity contribution in [2.45, 2.75) is 26.4 Å². The molecule has 0 aliphatic rings. The number of esters is 1. The fourth-order valence-electron chi connectivity index (χ4n) is 2.53. The van der Waals surface area contributed by atoms with Crippen LogP contribution in [0.2, 0.25) is 0 Å². The molecule has 0 aromatic heterocycles. The van der Waals surface area contributed by atoms with Gasteiger partial charge in [-0.1, -0.05) is 43.7 Å². The average Bonchev–Trinajstić information content (AvgIpc) is 2.75. The van der Waals surface area contributed by atoms with E-state index < -0.39 is 5.97 Å². The number of ether oxygens (including phenoxy) is 3. The minimum Gasteiger partial charge on any atom is -0.494 e. The maximum absolute atomic E-state index is 12.3. The first-order valence-electron chi connectivity index (χ1n) is 9.46. The van der Waals surface area contributed by atoms with Gasteiger partial charge in [-0.15, -0.1) is 0 Å². The van der Waals surface area contributed by atoms with Gasteiger partial charge in [0, 0.05) is 0 Å². The number of carbonyl (C=O) groups is 1. The Morgan fingerprint density at radius 2 is 1.36 bits per heavy atom. The first-order chi connectivity index (χ1) is 13.7. The second kappa shape index (κ2) is 10.2. The predicted molar refractivity (Wildman–Crippen MR) is 109 cm³/mol. The molecule has 0 saturated heterocycles. The van der Waals surface area contributed by atoms with Crippen molar-refractivity contribution < 1.29 is 19.0 Å². The third-order valence-corrected chi connectivity index (χ3v) is 4.14. The summed E-state index contributed by atoms with van der Waals surface area (Å²) in [5.41, 5.74) is 1.56. The summed E-state index contributed by atoms with van der Waals surface area (Å²) >= 11 is 0. The Morgan fingerprint density at radius 3 is 2.04 bits per heavy atom. The van der Waals surface area contributed by atoms with Crippen LogP contribution in [0.5, 0.6) is 17.2 Å². The summed E-state index contributed by atoms with van der Waals surface area (Å²) in [4.78, 5) is 12.3. The van der Waals surface area contributed by atoms with Gasteiger partial charge in [0.05, 0.1) is 12.2 Å². The van der Waals surface area contributed by atoms with Gasteiger partial charge >= 0.3 is 5.97 Å². The van der Waals surface area contributed by atoms with Gasteiger partial charge in [-0.05, 0) is 60.5 Å². The van der Waals surface area contributed by atoms with Crippen LogP contribution >= 0.6 is 0 Å². The molecule has 0 atom stereocenters. The molecule has 0 N–H and O–H groups in total. The summed E-state index contributed by atoms with van der Waals surface area (Å²) in [6, 6.07) is 23.9. The zero-order chi connectivity index (χ0) is 19.6. The van der Waals surface area contributed by atoms with E-state index >= 15 is 0 Å². The molecule has 3 rings (SSSR count). The van der Waals surface area contributed by atoms with Crippen LogP contribution in [0.1, 0.15) is 35.7 Å². The second-order valence-electron chi connectivity index (χ2n) is 6.36. The molecular formula is C24H24O4. The van der Waals surface area contributed by atoms with Crippen LogP contribution < -0.4 is 14.2 Å². The molecule has 3 aromatic rings. The molecule has 0 aliphatic heterocycles. The Labute approximate surface area is 165 Å². The summed E-state index contributed by atoms with van der Waals surface area (Å²) in [7, 11) is 0. The number of rotatable bonds is 9. The van der Waals surface area contributed by atoms with Crippen LogP contribution in [-0.2, 0) is 6.61 Å². The third kappa shape index (κ3) is 5.88. The molecule has 0 unspecified atom stereocenters. The van der Waals surface area contributed by atoms with Crippen LogP contribution in [0, 0.1) is 0 Å². The SMILES string of the molecule is CCCCOc1ccc(OC(=O)c2ccc(OCc3ccccc3)cc2)cc1. The van der Waals surface area contributed by atoms with Gasteiger partial charge in [-0.3, -0.25) is 0 Å². The Kier molecular flexibility index (Phi) is 7.08. The van der Waals surface area contributed by atoms with Gasteiger partial charge < -0.3 is 14.2 Å². The van der Waals surface area contributed by atoms with E-state index in [1.165, 1.54) is 0 Å². The van der Waals surface area contributed by atoms with E-state index in [2.05, 4.69) is 6.92 Å². The number of unbranched alkanes of at least 4 members (excludes halogenated alkanes) is 1. The van der Waals surface area contributed by atoms with Crippen LogP contribution in [0.25, 0.3) is 0 Å². The van der Waals surface area contributed by atoms with Crippen LogP contribution in [0.3, 0.4) is 0 Å². The fourth-order valence-corrected chi connectivity index (χ4v) is 2.53. The molecule has 0 aliphatic carbocycles. The highest BCUT2D eigenvalue weighted by atomic mass is 16.5. The molecule has 4 heteroatoms. The summed E-state index contributed by atoms with van der Waals surface area (Å²) < 4.78 is 16.8. The highest BCUT2D eigenvalue weighted by Crippen LogP contribution is 2.20. The predicted octanol–water partition coefficient (Wildman–Crippen LogP) is 5.66. The van der Waals surface area contributed by atoms with E-state index in [0.717, 1.165) is 24.2 Å². The van der Waals surface area contributed by atoms with Crippen molar-refractivity contribution in [3.63, 3.8) is 0 Å². The highest BCUT2D eigenvalue weighted by molar-refractivity contribution is 5.91. The van der Waals surface area contributed by atoms with Crippen molar-refractivity contribution in [2.24, 2.45) is 0 Å². The van der Waals surface area contributed by atoms with E-state index in [-0.39, 0.29) is 0 Å². The lowest BCUT2D eigenvalue weighted by Crippen LogP contribution is -2.08. The Hall–Kier alpha value is -3.27. The lowest BCUT2D eigenvalue weighted by atomic mass is 10.2.